The first-order chi connectivity index (χ1) is 17.9. The van der Waals surface area contributed by atoms with Gasteiger partial charge in [0, 0.05) is 25.6 Å². The standard InChI is InChI=1S/C27H33N3O5S2/c1-3-34-23-7-4-8-24-25(23)28-27(36-24)30(18-21-6-5-17-35-21)26(31)20-13-15-29(16-14-20)37(32,33)22-11-9-19(2)10-12-22/h4,7-12,20-21H,3,5-6,13-18H2,1-2H3. The number of sulfonamides is 1. The summed E-state index contributed by atoms with van der Waals surface area (Å²) in [6.07, 6.45) is 2.81. The lowest BCUT2D eigenvalue weighted by Crippen LogP contribution is -2.46. The van der Waals surface area contributed by atoms with E-state index in [-0.39, 0.29) is 17.9 Å². The Labute approximate surface area is 222 Å². The van der Waals surface area contributed by atoms with Crippen molar-refractivity contribution in [2.75, 3.05) is 37.7 Å². The first-order valence-electron chi connectivity index (χ1n) is 12.9. The second kappa shape index (κ2) is 11.1. The fourth-order valence-corrected chi connectivity index (χ4v) is 7.44. The maximum Gasteiger partial charge on any atom is 0.243 e. The molecule has 0 bridgehead atoms. The van der Waals surface area contributed by atoms with Crippen LogP contribution < -0.4 is 9.64 Å². The third kappa shape index (κ3) is 5.52. The Bertz CT molecular complexity index is 1340. The number of aryl methyl sites for hydroxylation is 1. The number of piperidine rings is 1. The van der Waals surface area contributed by atoms with Crippen LogP contribution in [0.5, 0.6) is 5.75 Å². The van der Waals surface area contributed by atoms with Crippen LogP contribution in [0.15, 0.2) is 47.4 Å². The lowest BCUT2D eigenvalue weighted by Gasteiger charge is -2.33. The average Bonchev–Trinajstić information content (AvgIpc) is 3.58. The molecule has 3 heterocycles. The number of anilines is 1. The van der Waals surface area contributed by atoms with Crippen LogP contribution in [0.1, 0.15) is 38.2 Å². The number of carbonyl (C=O) groups excluding carboxylic acids is 1. The first kappa shape index (κ1) is 26.1. The number of rotatable bonds is 8. The van der Waals surface area contributed by atoms with Crippen molar-refractivity contribution >= 4 is 42.6 Å². The van der Waals surface area contributed by atoms with Gasteiger partial charge in [-0.1, -0.05) is 35.1 Å². The lowest BCUT2D eigenvalue weighted by molar-refractivity contribution is -0.123. The molecule has 1 unspecified atom stereocenters. The Hall–Kier alpha value is -2.53. The maximum atomic E-state index is 13.9. The molecule has 0 saturated carbocycles. The Balaban J connectivity index is 1.35. The quantitative estimate of drug-likeness (QED) is 0.412. The van der Waals surface area contributed by atoms with Gasteiger partial charge in [-0.2, -0.15) is 4.31 Å². The van der Waals surface area contributed by atoms with Gasteiger partial charge in [-0.15, -0.1) is 0 Å². The molecule has 8 nitrogen and oxygen atoms in total. The van der Waals surface area contributed by atoms with Gasteiger partial charge in [-0.3, -0.25) is 9.69 Å². The topological polar surface area (TPSA) is 89.0 Å². The van der Waals surface area contributed by atoms with Crippen LogP contribution in [0.4, 0.5) is 5.13 Å². The highest BCUT2D eigenvalue weighted by atomic mass is 32.2. The molecule has 1 atom stereocenters. The second-order valence-corrected chi connectivity index (χ2v) is 12.6. The highest BCUT2D eigenvalue weighted by Crippen LogP contribution is 2.36. The van der Waals surface area contributed by atoms with E-state index in [0.29, 0.717) is 61.5 Å². The third-order valence-corrected chi connectivity index (χ3v) is 10.00. The zero-order valence-corrected chi connectivity index (χ0v) is 22.9. The number of para-hydroxylation sites is 1. The Morgan fingerprint density at radius 1 is 1.16 bits per heavy atom. The minimum Gasteiger partial charge on any atom is -0.492 e. The molecule has 2 aliphatic rings. The Morgan fingerprint density at radius 2 is 1.92 bits per heavy atom. The van der Waals surface area contributed by atoms with Crippen molar-refractivity contribution in [2.24, 2.45) is 5.92 Å². The molecule has 1 amide bonds. The minimum atomic E-state index is -3.58. The zero-order valence-electron chi connectivity index (χ0n) is 21.3. The average molecular weight is 544 g/mol. The number of hydrogen-bond acceptors (Lipinski definition) is 7. The number of aromatic nitrogens is 1. The molecule has 3 aromatic rings. The van der Waals surface area contributed by atoms with Crippen molar-refractivity contribution in [3.63, 3.8) is 0 Å². The maximum absolute atomic E-state index is 13.9. The van der Waals surface area contributed by atoms with Crippen LogP contribution in [0.25, 0.3) is 10.2 Å². The minimum absolute atomic E-state index is 0.0140. The van der Waals surface area contributed by atoms with Gasteiger partial charge in [0.1, 0.15) is 11.3 Å². The molecule has 37 heavy (non-hydrogen) atoms. The van der Waals surface area contributed by atoms with Gasteiger partial charge < -0.3 is 9.47 Å². The van der Waals surface area contributed by atoms with E-state index in [9.17, 15) is 13.2 Å². The highest BCUT2D eigenvalue weighted by Gasteiger charge is 2.36. The number of ether oxygens (including phenoxy) is 2. The summed E-state index contributed by atoms with van der Waals surface area (Å²) in [5.74, 6) is 0.422. The summed E-state index contributed by atoms with van der Waals surface area (Å²) in [5.41, 5.74) is 1.77. The molecule has 5 rings (SSSR count). The first-order valence-corrected chi connectivity index (χ1v) is 15.1. The molecule has 0 radical (unpaired) electrons. The van der Waals surface area contributed by atoms with Crippen molar-refractivity contribution in [3.05, 3.63) is 48.0 Å². The molecule has 0 aliphatic carbocycles. The number of nitrogens with zero attached hydrogens (tertiary/aromatic N) is 3. The van der Waals surface area contributed by atoms with Crippen LogP contribution in [0, 0.1) is 12.8 Å². The van der Waals surface area contributed by atoms with E-state index < -0.39 is 10.0 Å². The smallest absolute Gasteiger partial charge is 0.243 e. The van der Waals surface area contributed by atoms with Gasteiger partial charge in [0.2, 0.25) is 15.9 Å². The van der Waals surface area contributed by atoms with E-state index in [1.54, 1.807) is 29.2 Å². The molecule has 0 spiro atoms. The number of fused-ring (bicyclic) bond motifs is 1. The molecule has 0 N–H and O–H groups in total. The van der Waals surface area contributed by atoms with Gasteiger partial charge in [0.25, 0.3) is 0 Å². The number of benzene rings is 2. The summed E-state index contributed by atoms with van der Waals surface area (Å²) in [4.78, 5) is 20.8. The Morgan fingerprint density at radius 3 is 2.59 bits per heavy atom. The number of amides is 1. The van der Waals surface area contributed by atoms with E-state index in [1.807, 2.05) is 32.0 Å². The summed E-state index contributed by atoms with van der Waals surface area (Å²) >= 11 is 1.48. The van der Waals surface area contributed by atoms with Crippen LogP contribution >= 0.6 is 11.3 Å². The van der Waals surface area contributed by atoms with Crippen LogP contribution in [-0.2, 0) is 19.6 Å². The summed E-state index contributed by atoms with van der Waals surface area (Å²) in [7, 11) is -3.58. The van der Waals surface area contributed by atoms with E-state index in [2.05, 4.69) is 0 Å². The molecule has 2 aliphatic heterocycles. The molecule has 10 heteroatoms. The van der Waals surface area contributed by atoms with E-state index in [1.165, 1.54) is 15.6 Å². The van der Waals surface area contributed by atoms with Crippen LogP contribution in [0.3, 0.4) is 0 Å². The van der Waals surface area contributed by atoms with Crippen molar-refractivity contribution in [1.82, 2.24) is 9.29 Å². The molecule has 2 fully saturated rings. The third-order valence-electron chi connectivity index (χ3n) is 7.04. The summed E-state index contributed by atoms with van der Waals surface area (Å²) in [5, 5.41) is 0.636. The van der Waals surface area contributed by atoms with Crippen molar-refractivity contribution in [2.45, 2.75) is 50.5 Å². The van der Waals surface area contributed by atoms with E-state index in [4.69, 9.17) is 14.5 Å². The Kier molecular flexibility index (Phi) is 7.80. The monoisotopic (exact) mass is 543 g/mol. The molecule has 2 saturated heterocycles. The summed E-state index contributed by atoms with van der Waals surface area (Å²) in [6.45, 7) is 6.18. The SMILES string of the molecule is CCOc1cccc2sc(N(CC3CCCO3)C(=O)C3CCN(S(=O)(=O)c4ccc(C)cc4)CC3)nc12. The summed E-state index contributed by atoms with van der Waals surface area (Å²) < 4.78 is 40.4. The predicted molar refractivity (Wildman–Crippen MR) is 145 cm³/mol. The van der Waals surface area contributed by atoms with Crippen LogP contribution in [-0.4, -0.2) is 62.6 Å². The molecular formula is C27H33N3O5S2. The normalized spacial score (nSPS) is 19.4. The lowest BCUT2D eigenvalue weighted by atomic mass is 9.96. The van der Waals surface area contributed by atoms with Gasteiger partial charge in [-0.25, -0.2) is 13.4 Å². The molecule has 2 aromatic carbocycles. The van der Waals surface area contributed by atoms with Crippen molar-refractivity contribution in [1.29, 1.82) is 0 Å². The molecular weight excluding hydrogens is 510 g/mol. The zero-order chi connectivity index (χ0) is 26.0. The van der Waals surface area contributed by atoms with Crippen LogP contribution in [0.2, 0.25) is 0 Å². The number of carbonyl (C=O) groups is 1. The van der Waals surface area contributed by atoms with Gasteiger partial charge in [0.15, 0.2) is 5.13 Å². The van der Waals surface area contributed by atoms with Gasteiger partial charge in [0.05, 0.1) is 28.9 Å². The highest BCUT2D eigenvalue weighted by molar-refractivity contribution is 7.89. The van der Waals surface area contributed by atoms with Crippen molar-refractivity contribution in [3.8, 4) is 5.75 Å². The van der Waals surface area contributed by atoms with Gasteiger partial charge >= 0.3 is 0 Å². The van der Waals surface area contributed by atoms with E-state index >= 15 is 0 Å². The largest absolute Gasteiger partial charge is 0.492 e. The van der Waals surface area contributed by atoms with Crippen molar-refractivity contribution < 1.29 is 22.7 Å². The molecule has 1 aromatic heterocycles. The fourth-order valence-electron chi connectivity index (χ4n) is 4.98. The predicted octanol–water partition coefficient (Wildman–Crippen LogP) is 4.62. The van der Waals surface area contributed by atoms with E-state index in [0.717, 1.165) is 28.6 Å². The number of thiazole rings is 1. The number of hydrogen-bond donors (Lipinski definition) is 0. The second-order valence-electron chi connectivity index (χ2n) is 9.61. The summed E-state index contributed by atoms with van der Waals surface area (Å²) in [6, 6.07) is 12.7. The fraction of sp³-hybridized carbons (Fsp3) is 0.481. The molecule has 198 valence electrons. The van der Waals surface area contributed by atoms with Gasteiger partial charge in [-0.05, 0) is 63.8 Å².